The molecule has 1 aromatic heterocycles. The lowest BCUT2D eigenvalue weighted by atomic mass is 9.92. The third kappa shape index (κ3) is 5.80. The molecule has 0 aliphatic heterocycles. The van der Waals surface area contributed by atoms with Crippen LogP contribution in [0.3, 0.4) is 0 Å². The molecule has 4 heteroatoms. The van der Waals surface area contributed by atoms with Gasteiger partial charge in [0.2, 0.25) is 0 Å². The second-order valence-electron chi connectivity index (χ2n) is 8.72. The molecular weight excluding hydrogens is 414 g/mol. The van der Waals surface area contributed by atoms with Crippen molar-refractivity contribution in [2.24, 2.45) is 5.92 Å². The van der Waals surface area contributed by atoms with Crippen LogP contribution in [0.5, 0.6) is 5.75 Å². The van der Waals surface area contributed by atoms with Crippen molar-refractivity contribution in [3.63, 3.8) is 0 Å². The first-order valence-electron chi connectivity index (χ1n) is 11.5. The van der Waals surface area contributed by atoms with E-state index in [0.717, 1.165) is 33.8 Å². The summed E-state index contributed by atoms with van der Waals surface area (Å²) in [7, 11) is 0. The Balaban J connectivity index is 1.37. The van der Waals surface area contributed by atoms with E-state index in [0.29, 0.717) is 18.9 Å². The van der Waals surface area contributed by atoms with Crippen LogP contribution in [0.2, 0.25) is 0 Å². The molecule has 0 N–H and O–H groups in total. The first-order chi connectivity index (χ1) is 15.6. The van der Waals surface area contributed by atoms with Gasteiger partial charge >= 0.3 is 0 Å². The van der Waals surface area contributed by atoms with Gasteiger partial charge in [0.1, 0.15) is 12.4 Å². The van der Waals surface area contributed by atoms with Gasteiger partial charge in [-0.3, -0.25) is 9.78 Å². The Kier molecular flexibility index (Phi) is 7.64. The van der Waals surface area contributed by atoms with Crippen molar-refractivity contribution in [2.45, 2.75) is 63.2 Å². The molecule has 0 saturated heterocycles. The minimum absolute atomic E-state index is 0.281. The zero-order valence-electron chi connectivity index (χ0n) is 19.0. The number of ketones is 1. The molecule has 0 atom stereocenters. The highest BCUT2D eigenvalue weighted by Gasteiger charge is 2.21. The van der Waals surface area contributed by atoms with Crippen LogP contribution in [0.1, 0.15) is 64.7 Å². The predicted octanol–water partition coefficient (Wildman–Crippen LogP) is 7.33. The second kappa shape index (κ2) is 10.8. The van der Waals surface area contributed by atoms with Gasteiger partial charge in [0, 0.05) is 35.0 Å². The fourth-order valence-electron chi connectivity index (χ4n) is 4.41. The summed E-state index contributed by atoms with van der Waals surface area (Å²) in [6.45, 7) is 4.61. The van der Waals surface area contributed by atoms with Crippen molar-refractivity contribution >= 4 is 17.5 Å². The number of carbonyl (C=O) groups is 1. The molecule has 4 rings (SSSR count). The van der Waals surface area contributed by atoms with Crippen LogP contribution in [-0.4, -0.2) is 10.8 Å². The van der Waals surface area contributed by atoms with E-state index in [1.54, 1.807) is 11.8 Å². The van der Waals surface area contributed by atoms with Crippen molar-refractivity contribution in [1.29, 1.82) is 0 Å². The summed E-state index contributed by atoms with van der Waals surface area (Å²) in [4.78, 5) is 18.1. The van der Waals surface area contributed by atoms with Crippen molar-refractivity contribution < 1.29 is 9.53 Å². The Morgan fingerprint density at radius 2 is 1.75 bits per heavy atom. The third-order valence-corrected chi connectivity index (χ3v) is 7.51. The van der Waals surface area contributed by atoms with Gasteiger partial charge in [0.25, 0.3) is 0 Å². The predicted molar refractivity (Wildman–Crippen MR) is 131 cm³/mol. The second-order valence-corrected chi connectivity index (χ2v) is 9.77. The van der Waals surface area contributed by atoms with Gasteiger partial charge in [0.15, 0.2) is 5.78 Å². The zero-order valence-corrected chi connectivity index (χ0v) is 19.8. The molecular formula is C28H31NO2S. The standard InChI is InChI=1S/C28H31NO2S/c1-20-21(2)28(11-10-26(20)27(30)17-22-6-3-4-7-22)31-18-23-8-5-9-24(16-23)19-32-25-12-14-29-15-13-25/h5,8-16,22H,3-4,6-7,17-19H2,1-2H3. The lowest BCUT2D eigenvalue weighted by Crippen LogP contribution is -2.09. The van der Waals surface area contributed by atoms with Crippen LogP contribution in [0.4, 0.5) is 0 Å². The average Bonchev–Trinajstić information content (AvgIpc) is 3.32. The number of ether oxygens (including phenoxy) is 1. The highest BCUT2D eigenvalue weighted by Crippen LogP contribution is 2.31. The van der Waals surface area contributed by atoms with Crippen molar-refractivity contribution in [2.75, 3.05) is 0 Å². The summed E-state index contributed by atoms with van der Waals surface area (Å²) in [5.41, 5.74) is 5.39. The summed E-state index contributed by atoms with van der Waals surface area (Å²) in [5.74, 6) is 2.62. The molecule has 1 fully saturated rings. The number of nitrogens with zero attached hydrogens (tertiary/aromatic N) is 1. The average molecular weight is 446 g/mol. The molecule has 2 aromatic carbocycles. The van der Waals surface area contributed by atoms with E-state index in [4.69, 9.17) is 4.74 Å². The quantitative estimate of drug-likeness (QED) is 0.255. The molecule has 0 bridgehead atoms. The monoisotopic (exact) mass is 445 g/mol. The van der Waals surface area contributed by atoms with E-state index in [1.807, 2.05) is 43.6 Å². The molecule has 3 aromatic rings. The zero-order chi connectivity index (χ0) is 22.3. The number of thioether (sulfide) groups is 1. The maximum Gasteiger partial charge on any atom is 0.163 e. The van der Waals surface area contributed by atoms with Crippen molar-refractivity contribution in [1.82, 2.24) is 4.98 Å². The summed E-state index contributed by atoms with van der Waals surface area (Å²) in [5, 5.41) is 0. The Morgan fingerprint density at radius 3 is 2.53 bits per heavy atom. The molecule has 0 unspecified atom stereocenters. The number of aromatic nitrogens is 1. The lowest BCUT2D eigenvalue weighted by Gasteiger charge is -2.15. The Hall–Kier alpha value is -2.59. The van der Waals surface area contributed by atoms with Crippen molar-refractivity contribution in [3.05, 3.63) is 88.7 Å². The van der Waals surface area contributed by atoms with E-state index in [2.05, 4.69) is 36.2 Å². The van der Waals surface area contributed by atoms with Crippen LogP contribution in [0.25, 0.3) is 0 Å². The number of rotatable bonds is 9. The van der Waals surface area contributed by atoms with E-state index >= 15 is 0 Å². The SMILES string of the molecule is Cc1c(OCc2cccc(CSc3ccncc3)c2)ccc(C(=O)CC2CCCC2)c1C. The summed E-state index contributed by atoms with van der Waals surface area (Å²) in [6, 6.07) is 16.5. The molecule has 0 amide bonds. The molecule has 0 radical (unpaired) electrons. The minimum Gasteiger partial charge on any atom is -0.489 e. The number of hydrogen-bond acceptors (Lipinski definition) is 4. The summed E-state index contributed by atoms with van der Waals surface area (Å²) >= 11 is 1.80. The van der Waals surface area contributed by atoms with Gasteiger partial charge in [-0.05, 0) is 66.3 Å². The lowest BCUT2D eigenvalue weighted by molar-refractivity contribution is 0.0961. The van der Waals surface area contributed by atoms with Crippen LogP contribution >= 0.6 is 11.8 Å². The molecule has 3 nitrogen and oxygen atoms in total. The normalized spacial score (nSPS) is 13.9. The highest BCUT2D eigenvalue weighted by atomic mass is 32.2. The van der Waals surface area contributed by atoms with Gasteiger partial charge < -0.3 is 4.74 Å². The molecule has 166 valence electrons. The molecule has 0 spiro atoms. The topological polar surface area (TPSA) is 39.2 Å². The number of carbonyl (C=O) groups excluding carboxylic acids is 1. The Morgan fingerprint density at radius 1 is 1.00 bits per heavy atom. The van der Waals surface area contributed by atoms with Crippen LogP contribution in [0, 0.1) is 19.8 Å². The fourth-order valence-corrected chi connectivity index (χ4v) is 5.24. The number of Topliss-reactive ketones (excluding diaryl/α,β-unsaturated/α-hetero) is 1. The molecule has 1 aliphatic rings. The van der Waals surface area contributed by atoms with Crippen molar-refractivity contribution in [3.8, 4) is 5.75 Å². The molecule has 1 heterocycles. The van der Waals surface area contributed by atoms with E-state index < -0.39 is 0 Å². The van der Waals surface area contributed by atoms with Crippen LogP contribution in [-0.2, 0) is 12.4 Å². The number of hydrogen-bond donors (Lipinski definition) is 0. The van der Waals surface area contributed by atoms with Gasteiger partial charge in [-0.2, -0.15) is 0 Å². The Bertz CT molecular complexity index is 1060. The molecule has 1 aliphatic carbocycles. The van der Waals surface area contributed by atoms with E-state index in [-0.39, 0.29) is 5.78 Å². The van der Waals surface area contributed by atoms with Gasteiger partial charge in [-0.1, -0.05) is 49.9 Å². The fraction of sp³-hybridized carbons (Fsp3) is 0.357. The maximum atomic E-state index is 12.8. The van der Waals surface area contributed by atoms with Gasteiger partial charge in [0.05, 0.1) is 0 Å². The third-order valence-electron chi connectivity index (χ3n) is 6.43. The van der Waals surface area contributed by atoms with E-state index in [1.165, 1.54) is 36.1 Å². The first-order valence-corrected chi connectivity index (χ1v) is 12.5. The van der Waals surface area contributed by atoms with Gasteiger partial charge in [-0.15, -0.1) is 11.8 Å². The largest absolute Gasteiger partial charge is 0.489 e. The van der Waals surface area contributed by atoms with E-state index in [9.17, 15) is 4.79 Å². The van der Waals surface area contributed by atoms with Gasteiger partial charge in [-0.25, -0.2) is 0 Å². The highest BCUT2D eigenvalue weighted by molar-refractivity contribution is 7.98. The summed E-state index contributed by atoms with van der Waals surface area (Å²) in [6.07, 6.45) is 9.27. The molecule has 1 saturated carbocycles. The summed E-state index contributed by atoms with van der Waals surface area (Å²) < 4.78 is 6.16. The maximum absolute atomic E-state index is 12.8. The van der Waals surface area contributed by atoms with Crippen LogP contribution in [0.15, 0.2) is 65.8 Å². The first kappa shape index (κ1) is 22.6. The van der Waals surface area contributed by atoms with Crippen LogP contribution < -0.4 is 4.74 Å². The minimum atomic E-state index is 0.281. The number of pyridine rings is 1. The smallest absolute Gasteiger partial charge is 0.163 e. The Labute approximate surface area is 195 Å². The number of benzene rings is 2. The molecule has 32 heavy (non-hydrogen) atoms.